The summed E-state index contributed by atoms with van der Waals surface area (Å²) in [5.74, 6) is -0.839. The number of sulfonamides is 1. The molecule has 1 amide bonds. The number of hydrogen-bond acceptors (Lipinski definition) is 4. The molecule has 1 aromatic carbocycles. The molecule has 0 aliphatic rings. The Balaban J connectivity index is 2.81. The molecule has 124 valence electrons. The third kappa shape index (κ3) is 5.62. The van der Waals surface area contributed by atoms with Gasteiger partial charge in [0, 0.05) is 5.69 Å². The number of ether oxygens (including phenoxy) is 1. The highest BCUT2D eigenvalue weighted by Gasteiger charge is 2.30. The zero-order valence-corrected chi connectivity index (χ0v) is 12.6. The Labute approximate surface area is 125 Å². The molecular weight excluding hydrogens is 325 g/mol. The molecule has 0 saturated carbocycles. The van der Waals surface area contributed by atoms with E-state index in [1.54, 1.807) is 0 Å². The van der Waals surface area contributed by atoms with E-state index in [-0.39, 0.29) is 10.6 Å². The lowest BCUT2D eigenvalue weighted by molar-refractivity contribution is -0.184. The fourth-order valence-electron chi connectivity index (χ4n) is 1.52. The third-order valence-electron chi connectivity index (χ3n) is 2.63. The second-order valence-electron chi connectivity index (χ2n) is 4.58. The lowest BCUT2D eigenvalue weighted by atomic mass is 10.2. The van der Waals surface area contributed by atoms with Crippen LogP contribution in [0.3, 0.4) is 0 Å². The molecule has 0 fully saturated rings. The average molecular weight is 340 g/mol. The van der Waals surface area contributed by atoms with Gasteiger partial charge in [-0.2, -0.15) is 13.2 Å². The Morgan fingerprint density at radius 3 is 2.50 bits per heavy atom. The lowest BCUT2D eigenvalue weighted by Crippen LogP contribution is -2.31. The summed E-state index contributed by atoms with van der Waals surface area (Å²) in [6.07, 6.45) is -5.90. The van der Waals surface area contributed by atoms with Crippen LogP contribution in [0.25, 0.3) is 0 Å². The van der Waals surface area contributed by atoms with Crippen LogP contribution < -0.4 is 10.5 Å². The second-order valence-corrected chi connectivity index (χ2v) is 6.11. The topological polar surface area (TPSA) is 98.5 Å². The number of primary sulfonamides is 1. The number of hydrogen-bond donors (Lipinski definition) is 2. The van der Waals surface area contributed by atoms with Crippen LogP contribution >= 0.6 is 0 Å². The van der Waals surface area contributed by atoms with Crippen molar-refractivity contribution in [3.8, 4) is 0 Å². The van der Waals surface area contributed by atoms with Gasteiger partial charge in [-0.15, -0.1) is 0 Å². The van der Waals surface area contributed by atoms with E-state index in [0.29, 0.717) is 5.56 Å². The largest absolute Gasteiger partial charge is 0.411 e. The maximum atomic E-state index is 12.0. The van der Waals surface area contributed by atoms with Gasteiger partial charge in [0.1, 0.15) is 12.7 Å². The number of alkyl halides is 3. The van der Waals surface area contributed by atoms with Crippen molar-refractivity contribution >= 4 is 21.6 Å². The van der Waals surface area contributed by atoms with Crippen LogP contribution in [0, 0.1) is 6.92 Å². The van der Waals surface area contributed by atoms with Gasteiger partial charge in [0.2, 0.25) is 10.0 Å². The van der Waals surface area contributed by atoms with Gasteiger partial charge in [-0.1, -0.05) is 6.07 Å². The van der Waals surface area contributed by atoms with E-state index in [2.05, 4.69) is 10.1 Å². The van der Waals surface area contributed by atoms with Gasteiger partial charge in [-0.05, 0) is 31.5 Å². The number of halogens is 3. The summed E-state index contributed by atoms with van der Waals surface area (Å²) in [4.78, 5) is 11.5. The fourth-order valence-corrected chi connectivity index (χ4v) is 2.33. The molecule has 0 radical (unpaired) electrons. The van der Waals surface area contributed by atoms with E-state index < -0.39 is 34.8 Å². The van der Waals surface area contributed by atoms with Crippen molar-refractivity contribution in [1.29, 1.82) is 0 Å². The Morgan fingerprint density at radius 2 is 2.00 bits per heavy atom. The number of carbonyl (C=O) groups is 1. The maximum Gasteiger partial charge on any atom is 0.411 e. The summed E-state index contributed by atoms with van der Waals surface area (Å²) in [5.41, 5.74) is 0.462. The van der Waals surface area contributed by atoms with Crippen molar-refractivity contribution in [2.45, 2.75) is 31.0 Å². The molecule has 0 aromatic heterocycles. The molecule has 1 rings (SSSR count). The van der Waals surface area contributed by atoms with Crippen molar-refractivity contribution in [2.24, 2.45) is 5.14 Å². The highest BCUT2D eigenvalue weighted by Crippen LogP contribution is 2.20. The van der Waals surface area contributed by atoms with Gasteiger partial charge in [-0.25, -0.2) is 13.6 Å². The number of benzene rings is 1. The van der Waals surface area contributed by atoms with Crippen LogP contribution in [-0.2, 0) is 19.6 Å². The summed E-state index contributed by atoms with van der Waals surface area (Å²) in [7, 11) is -3.97. The molecule has 0 aliphatic heterocycles. The van der Waals surface area contributed by atoms with Gasteiger partial charge < -0.3 is 10.1 Å². The number of aryl methyl sites for hydroxylation is 1. The highest BCUT2D eigenvalue weighted by atomic mass is 32.2. The average Bonchev–Trinajstić information content (AvgIpc) is 2.35. The van der Waals surface area contributed by atoms with E-state index in [9.17, 15) is 26.4 Å². The summed E-state index contributed by atoms with van der Waals surface area (Å²) >= 11 is 0. The molecule has 10 heteroatoms. The number of rotatable bonds is 5. The van der Waals surface area contributed by atoms with Crippen LogP contribution in [0.5, 0.6) is 0 Å². The molecule has 0 saturated heterocycles. The number of anilines is 1. The third-order valence-corrected chi connectivity index (χ3v) is 3.68. The first-order valence-corrected chi connectivity index (χ1v) is 7.57. The van der Waals surface area contributed by atoms with Gasteiger partial charge >= 0.3 is 6.18 Å². The van der Waals surface area contributed by atoms with Gasteiger partial charge in [0.05, 0.1) is 4.90 Å². The van der Waals surface area contributed by atoms with Crippen LogP contribution in [0.2, 0.25) is 0 Å². The Kier molecular flexibility index (Phi) is 5.54. The molecule has 1 atom stereocenters. The summed E-state index contributed by atoms with van der Waals surface area (Å²) in [6, 6.07) is 3.94. The first-order valence-electron chi connectivity index (χ1n) is 6.03. The molecule has 3 N–H and O–H groups in total. The van der Waals surface area contributed by atoms with Gasteiger partial charge in [0.15, 0.2) is 0 Å². The molecule has 1 aromatic rings. The number of nitrogens with one attached hydrogen (secondary N) is 1. The minimum Gasteiger partial charge on any atom is -0.359 e. The lowest BCUT2D eigenvalue weighted by Gasteiger charge is -2.15. The number of amides is 1. The molecule has 0 spiro atoms. The molecule has 0 heterocycles. The smallest absolute Gasteiger partial charge is 0.359 e. The Hall–Kier alpha value is -1.65. The summed E-state index contributed by atoms with van der Waals surface area (Å²) < 4.78 is 63.1. The SMILES string of the molecule is Cc1ccc(NC(=O)[C@H](C)OCC(F)(F)F)cc1S(N)(=O)=O. The Bertz CT molecular complexity index is 659. The minimum absolute atomic E-state index is 0.0853. The zero-order valence-electron chi connectivity index (χ0n) is 11.8. The normalized spacial score (nSPS) is 13.7. The van der Waals surface area contributed by atoms with E-state index in [1.165, 1.54) is 19.1 Å². The van der Waals surface area contributed by atoms with Crippen LogP contribution in [-0.4, -0.2) is 33.2 Å². The van der Waals surface area contributed by atoms with E-state index in [0.717, 1.165) is 13.0 Å². The molecular formula is C12H15F3N2O4S. The van der Waals surface area contributed by atoms with Crippen molar-refractivity contribution < 1.29 is 31.1 Å². The molecule has 6 nitrogen and oxygen atoms in total. The number of carbonyl (C=O) groups excluding carboxylic acids is 1. The maximum absolute atomic E-state index is 12.0. The summed E-state index contributed by atoms with van der Waals surface area (Å²) in [5, 5.41) is 7.29. The van der Waals surface area contributed by atoms with Gasteiger partial charge in [0.25, 0.3) is 5.91 Å². The van der Waals surface area contributed by atoms with Crippen molar-refractivity contribution in [3.63, 3.8) is 0 Å². The van der Waals surface area contributed by atoms with E-state index >= 15 is 0 Å². The molecule has 0 bridgehead atoms. The van der Waals surface area contributed by atoms with Crippen LogP contribution in [0.1, 0.15) is 12.5 Å². The van der Waals surface area contributed by atoms with Crippen molar-refractivity contribution in [1.82, 2.24) is 0 Å². The second kappa shape index (κ2) is 6.63. The predicted molar refractivity (Wildman–Crippen MR) is 72.7 cm³/mol. The first kappa shape index (κ1) is 18.4. The number of nitrogens with two attached hydrogens (primary N) is 1. The fraction of sp³-hybridized carbons (Fsp3) is 0.417. The van der Waals surface area contributed by atoms with Crippen LogP contribution in [0.4, 0.5) is 18.9 Å². The monoisotopic (exact) mass is 340 g/mol. The first-order chi connectivity index (χ1) is 9.90. The van der Waals surface area contributed by atoms with Crippen molar-refractivity contribution in [2.75, 3.05) is 11.9 Å². The van der Waals surface area contributed by atoms with E-state index in [1.807, 2.05) is 0 Å². The van der Waals surface area contributed by atoms with E-state index in [4.69, 9.17) is 5.14 Å². The predicted octanol–water partition coefficient (Wildman–Crippen LogP) is 1.55. The highest BCUT2D eigenvalue weighted by molar-refractivity contribution is 7.89. The molecule has 0 unspecified atom stereocenters. The quantitative estimate of drug-likeness (QED) is 0.849. The zero-order chi connectivity index (χ0) is 17.1. The minimum atomic E-state index is -4.54. The van der Waals surface area contributed by atoms with Crippen LogP contribution in [0.15, 0.2) is 23.1 Å². The molecule has 0 aliphatic carbocycles. The van der Waals surface area contributed by atoms with Gasteiger partial charge in [-0.3, -0.25) is 4.79 Å². The van der Waals surface area contributed by atoms with Crippen molar-refractivity contribution in [3.05, 3.63) is 23.8 Å². The summed E-state index contributed by atoms with van der Waals surface area (Å²) in [6.45, 7) is 1.11. The Morgan fingerprint density at radius 1 is 1.41 bits per heavy atom. The standard InChI is InChI=1S/C12H15F3N2O4S/c1-7-3-4-9(5-10(7)22(16,19)20)17-11(18)8(2)21-6-12(13,14)15/h3-5,8H,6H2,1-2H3,(H,17,18)(H2,16,19,20)/t8-/m0/s1. The molecule has 22 heavy (non-hydrogen) atoms.